The van der Waals surface area contributed by atoms with Gasteiger partial charge in [-0.15, -0.1) is 11.3 Å². The minimum Gasteiger partial charge on any atom is -0.302 e. The zero-order valence-corrected chi connectivity index (χ0v) is 19.5. The van der Waals surface area contributed by atoms with Gasteiger partial charge < -0.3 is 4.90 Å². The Kier molecular flexibility index (Phi) is 6.48. The molecule has 0 N–H and O–H groups in total. The van der Waals surface area contributed by atoms with Crippen molar-refractivity contribution < 1.29 is 9.59 Å². The second-order valence-electron chi connectivity index (χ2n) is 7.15. The van der Waals surface area contributed by atoms with Crippen molar-refractivity contribution in [2.75, 3.05) is 18.0 Å². The fourth-order valence-electron chi connectivity index (χ4n) is 3.65. The molecule has 2 aromatic carbocycles. The topological polar surface area (TPSA) is 43.9 Å². The van der Waals surface area contributed by atoms with Gasteiger partial charge in [-0.1, -0.05) is 30.3 Å². The first-order chi connectivity index (χ1) is 15.5. The fourth-order valence-corrected chi connectivity index (χ4v) is 4.84. The lowest BCUT2D eigenvalue weighted by Crippen LogP contribution is -2.55. The molecule has 1 aliphatic heterocycles. The summed E-state index contributed by atoms with van der Waals surface area (Å²) in [5, 5.41) is 3.42. The highest BCUT2D eigenvalue weighted by Gasteiger charge is 2.37. The van der Waals surface area contributed by atoms with Crippen LogP contribution in [0.4, 0.5) is 16.4 Å². The number of hydrogen-bond acceptors (Lipinski definition) is 5. The maximum Gasteiger partial charge on any atom is 0.265 e. The molecular weight excluding hydrogens is 438 g/mol. The van der Waals surface area contributed by atoms with Crippen molar-refractivity contribution in [1.82, 2.24) is 9.80 Å². The van der Waals surface area contributed by atoms with Crippen LogP contribution in [0.15, 0.2) is 77.7 Å². The highest BCUT2D eigenvalue weighted by Crippen LogP contribution is 2.37. The number of carbonyl (C=O) groups is 2. The van der Waals surface area contributed by atoms with Gasteiger partial charge in [-0.05, 0) is 79.5 Å². The van der Waals surface area contributed by atoms with Gasteiger partial charge in [0.15, 0.2) is 5.11 Å². The molecule has 0 bridgehead atoms. The van der Waals surface area contributed by atoms with Crippen LogP contribution in [-0.4, -0.2) is 39.8 Å². The van der Waals surface area contributed by atoms with Crippen molar-refractivity contribution >= 4 is 62.9 Å². The van der Waals surface area contributed by atoms with Crippen molar-refractivity contribution in [3.63, 3.8) is 0 Å². The lowest BCUT2D eigenvalue weighted by Gasteiger charge is -2.35. The first-order valence-electron chi connectivity index (χ1n) is 10.4. The molecule has 2 amide bonds. The maximum atomic E-state index is 12.9. The van der Waals surface area contributed by atoms with E-state index in [0.29, 0.717) is 13.1 Å². The smallest absolute Gasteiger partial charge is 0.265 e. The summed E-state index contributed by atoms with van der Waals surface area (Å²) >= 11 is 6.99. The van der Waals surface area contributed by atoms with E-state index in [1.807, 2.05) is 67.8 Å². The molecule has 2 heterocycles. The van der Waals surface area contributed by atoms with Gasteiger partial charge in [0.25, 0.3) is 11.8 Å². The van der Waals surface area contributed by atoms with E-state index in [4.69, 9.17) is 12.2 Å². The quantitative estimate of drug-likeness (QED) is 0.272. The van der Waals surface area contributed by atoms with Gasteiger partial charge in [-0.25, -0.2) is 0 Å². The molecule has 7 heteroatoms. The second kappa shape index (κ2) is 9.46. The lowest BCUT2D eigenvalue weighted by molar-refractivity contribution is -0.133. The first-order valence-corrected chi connectivity index (χ1v) is 11.7. The SMILES string of the molecule is CCN1C(=O)C(=Cc2ccc(N(c3ccccc3)c3cccs3)cc2)C(=O)N(CC)C1=S. The average molecular weight is 462 g/mol. The summed E-state index contributed by atoms with van der Waals surface area (Å²) in [6.07, 6.45) is 1.65. The van der Waals surface area contributed by atoms with Crippen LogP contribution in [-0.2, 0) is 9.59 Å². The number of amides is 2. The Bertz CT molecular complexity index is 1130. The number of thiocarbonyl (C=S) groups is 1. The molecule has 32 heavy (non-hydrogen) atoms. The number of thiophene rings is 1. The fraction of sp³-hybridized carbons (Fsp3) is 0.160. The van der Waals surface area contributed by atoms with Crippen LogP contribution in [0.2, 0.25) is 0 Å². The molecule has 0 saturated carbocycles. The minimum atomic E-state index is -0.347. The van der Waals surface area contributed by atoms with E-state index < -0.39 is 0 Å². The monoisotopic (exact) mass is 461 g/mol. The molecule has 0 spiro atoms. The summed E-state index contributed by atoms with van der Waals surface area (Å²) in [7, 11) is 0. The van der Waals surface area contributed by atoms with E-state index >= 15 is 0 Å². The van der Waals surface area contributed by atoms with Crippen LogP contribution in [0.25, 0.3) is 6.08 Å². The molecule has 4 rings (SSSR count). The summed E-state index contributed by atoms with van der Waals surface area (Å²) in [6, 6.07) is 22.1. The highest BCUT2D eigenvalue weighted by atomic mass is 32.1. The van der Waals surface area contributed by atoms with Crippen LogP contribution >= 0.6 is 23.6 Å². The predicted octanol–water partition coefficient (Wildman–Crippen LogP) is 5.60. The third kappa shape index (κ3) is 4.09. The van der Waals surface area contributed by atoms with Gasteiger partial charge in [0.2, 0.25) is 0 Å². The van der Waals surface area contributed by atoms with Gasteiger partial charge in [0, 0.05) is 24.5 Å². The van der Waals surface area contributed by atoms with E-state index in [2.05, 4.69) is 23.1 Å². The zero-order chi connectivity index (χ0) is 22.7. The number of nitrogens with zero attached hydrogens (tertiary/aromatic N) is 3. The lowest BCUT2D eigenvalue weighted by atomic mass is 10.1. The minimum absolute atomic E-state index is 0.133. The molecule has 1 fully saturated rings. The third-order valence-electron chi connectivity index (χ3n) is 5.25. The number of likely N-dealkylation sites (N-methyl/N-ethyl adjacent to an activating group) is 2. The van der Waals surface area contributed by atoms with Gasteiger partial charge >= 0.3 is 0 Å². The standard InChI is InChI=1S/C25H23N3O2S2/c1-3-26-23(29)21(24(30)27(4-2)25(26)31)17-18-12-14-20(15-13-18)28(22-11-8-16-32-22)19-9-6-5-7-10-19/h5-17H,3-4H2,1-2H3. The number of benzene rings is 2. The zero-order valence-electron chi connectivity index (χ0n) is 17.9. The normalized spacial score (nSPS) is 14.2. The number of para-hydroxylation sites is 1. The van der Waals surface area contributed by atoms with Crippen LogP contribution in [0.1, 0.15) is 19.4 Å². The molecule has 1 aromatic heterocycles. The van der Waals surface area contributed by atoms with Crippen LogP contribution in [0.3, 0.4) is 0 Å². The van der Waals surface area contributed by atoms with E-state index in [1.165, 1.54) is 9.80 Å². The third-order valence-corrected chi connectivity index (χ3v) is 6.54. The molecule has 0 unspecified atom stereocenters. The number of carbonyl (C=O) groups excluding carboxylic acids is 2. The molecule has 0 atom stereocenters. The Balaban J connectivity index is 1.68. The number of rotatable bonds is 6. The molecule has 0 radical (unpaired) electrons. The number of anilines is 3. The molecule has 3 aromatic rings. The maximum absolute atomic E-state index is 12.9. The van der Waals surface area contributed by atoms with Crippen molar-refractivity contribution in [1.29, 1.82) is 0 Å². The second-order valence-corrected chi connectivity index (χ2v) is 8.44. The molecular formula is C25H23N3O2S2. The Morgan fingerprint density at radius 3 is 1.97 bits per heavy atom. The van der Waals surface area contributed by atoms with Crippen LogP contribution in [0.5, 0.6) is 0 Å². The Morgan fingerprint density at radius 1 is 0.844 bits per heavy atom. The Morgan fingerprint density at radius 2 is 1.44 bits per heavy atom. The van der Waals surface area contributed by atoms with Crippen molar-refractivity contribution in [3.05, 3.63) is 83.2 Å². The van der Waals surface area contributed by atoms with Gasteiger partial charge in [-0.2, -0.15) is 0 Å². The number of hydrogen-bond donors (Lipinski definition) is 0. The van der Waals surface area contributed by atoms with Crippen molar-refractivity contribution in [3.8, 4) is 0 Å². The summed E-state index contributed by atoms with van der Waals surface area (Å²) in [5.74, 6) is -0.693. The van der Waals surface area contributed by atoms with E-state index in [-0.39, 0.29) is 22.5 Å². The predicted molar refractivity (Wildman–Crippen MR) is 134 cm³/mol. The summed E-state index contributed by atoms with van der Waals surface area (Å²) in [4.78, 5) is 30.9. The molecule has 1 saturated heterocycles. The summed E-state index contributed by atoms with van der Waals surface area (Å²) in [6.45, 7) is 4.54. The summed E-state index contributed by atoms with van der Waals surface area (Å²) in [5.41, 5.74) is 2.97. The van der Waals surface area contributed by atoms with E-state index in [9.17, 15) is 9.59 Å². The van der Waals surface area contributed by atoms with Gasteiger partial charge in [-0.3, -0.25) is 19.4 Å². The van der Waals surface area contributed by atoms with Crippen molar-refractivity contribution in [2.45, 2.75) is 13.8 Å². The Labute approximate surface area is 197 Å². The molecule has 162 valence electrons. The molecule has 1 aliphatic rings. The molecule has 0 aliphatic carbocycles. The average Bonchev–Trinajstić information content (AvgIpc) is 3.34. The van der Waals surface area contributed by atoms with Crippen LogP contribution in [0, 0.1) is 0 Å². The first kappa shape index (κ1) is 21.9. The summed E-state index contributed by atoms with van der Waals surface area (Å²) < 4.78 is 0. The van der Waals surface area contributed by atoms with E-state index in [0.717, 1.165) is 21.9 Å². The Hall–Kier alpha value is -3.29. The van der Waals surface area contributed by atoms with Gasteiger partial charge in [0.1, 0.15) is 5.57 Å². The van der Waals surface area contributed by atoms with Crippen LogP contribution < -0.4 is 4.90 Å². The highest BCUT2D eigenvalue weighted by molar-refractivity contribution is 7.80. The largest absolute Gasteiger partial charge is 0.302 e. The van der Waals surface area contributed by atoms with Gasteiger partial charge in [0.05, 0.1) is 5.00 Å². The van der Waals surface area contributed by atoms with Crippen molar-refractivity contribution in [2.24, 2.45) is 0 Å². The van der Waals surface area contributed by atoms with E-state index in [1.54, 1.807) is 17.4 Å². The molecule has 5 nitrogen and oxygen atoms in total.